The van der Waals surface area contributed by atoms with Gasteiger partial charge in [0.1, 0.15) is 5.84 Å². The van der Waals surface area contributed by atoms with Crippen LogP contribution in [-0.4, -0.2) is 22.6 Å². The van der Waals surface area contributed by atoms with Crippen LogP contribution in [0.2, 0.25) is 0 Å². The van der Waals surface area contributed by atoms with Crippen LogP contribution in [0.5, 0.6) is 5.75 Å². The van der Waals surface area contributed by atoms with Crippen molar-refractivity contribution in [1.29, 1.82) is 0 Å². The molecule has 7 heteroatoms. The van der Waals surface area contributed by atoms with Gasteiger partial charge in [-0.15, -0.1) is 0 Å². The molecule has 0 radical (unpaired) electrons. The zero-order valence-electron chi connectivity index (χ0n) is 10.7. The number of nitrogens with two attached hydrogens (primary N) is 1. The first-order valence-corrected chi connectivity index (χ1v) is 5.89. The standard InChI is InChI=1S/C12H17N3O4/c1-9-5-6-10(15(17)18)11(8-9)19-7-3-2-4-12(13)14-16/h5-6,8,16H,2-4,7H2,1H3,(H2,13,14). The monoisotopic (exact) mass is 267 g/mol. The lowest BCUT2D eigenvalue weighted by molar-refractivity contribution is -0.385. The summed E-state index contributed by atoms with van der Waals surface area (Å²) in [5, 5.41) is 22.0. The molecule has 3 N–H and O–H groups in total. The van der Waals surface area contributed by atoms with Crippen molar-refractivity contribution in [2.75, 3.05) is 6.61 Å². The van der Waals surface area contributed by atoms with Crippen LogP contribution >= 0.6 is 0 Å². The minimum Gasteiger partial charge on any atom is -0.487 e. The molecule has 0 bridgehead atoms. The van der Waals surface area contributed by atoms with E-state index in [0.717, 1.165) is 5.56 Å². The summed E-state index contributed by atoms with van der Waals surface area (Å²) in [5.41, 5.74) is 6.18. The number of rotatable bonds is 7. The first-order valence-electron chi connectivity index (χ1n) is 5.89. The van der Waals surface area contributed by atoms with Crippen LogP contribution in [0.3, 0.4) is 0 Å². The summed E-state index contributed by atoms with van der Waals surface area (Å²) in [4.78, 5) is 10.3. The summed E-state index contributed by atoms with van der Waals surface area (Å²) in [5.74, 6) is 0.440. The van der Waals surface area contributed by atoms with Gasteiger partial charge in [0, 0.05) is 12.5 Å². The molecular weight excluding hydrogens is 250 g/mol. The van der Waals surface area contributed by atoms with E-state index in [1.807, 2.05) is 6.92 Å². The van der Waals surface area contributed by atoms with Gasteiger partial charge < -0.3 is 15.7 Å². The third kappa shape index (κ3) is 4.82. The number of ether oxygens (including phenoxy) is 1. The van der Waals surface area contributed by atoms with Gasteiger partial charge in [-0.25, -0.2) is 0 Å². The highest BCUT2D eigenvalue weighted by atomic mass is 16.6. The number of hydrogen-bond acceptors (Lipinski definition) is 5. The number of hydrogen-bond donors (Lipinski definition) is 2. The maximum Gasteiger partial charge on any atom is 0.310 e. The lowest BCUT2D eigenvalue weighted by atomic mass is 10.2. The second-order valence-electron chi connectivity index (χ2n) is 4.13. The average Bonchev–Trinajstić information content (AvgIpc) is 2.37. The lowest BCUT2D eigenvalue weighted by Gasteiger charge is -2.07. The molecule has 0 amide bonds. The van der Waals surface area contributed by atoms with Crippen molar-refractivity contribution in [2.45, 2.75) is 26.2 Å². The quantitative estimate of drug-likeness (QED) is 0.196. The Labute approximate surface area is 110 Å². The summed E-state index contributed by atoms with van der Waals surface area (Å²) in [6, 6.07) is 4.74. The molecule has 0 saturated heterocycles. The second kappa shape index (κ2) is 7.20. The number of nitro benzene ring substituents is 1. The van der Waals surface area contributed by atoms with Crippen molar-refractivity contribution in [2.24, 2.45) is 10.9 Å². The highest BCUT2D eigenvalue weighted by Crippen LogP contribution is 2.27. The second-order valence-corrected chi connectivity index (χ2v) is 4.13. The van der Waals surface area contributed by atoms with E-state index in [2.05, 4.69) is 5.16 Å². The number of amidine groups is 1. The molecule has 0 saturated carbocycles. The van der Waals surface area contributed by atoms with Crippen LogP contribution in [0, 0.1) is 17.0 Å². The van der Waals surface area contributed by atoms with Crippen molar-refractivity contribution >= 4 is 11.5 Å². The van der Waals surface area contributed by atoms with Gasteiger partial charge in [-0.3, -0.25) is 10.1 Å². The van der Waals surface area contributed by atoms with E-state index in [1.54, 1.807) is 12.1 Å². The third-order valence-corrected chi connectivity index (χ3v) is 2.53. The van der Waals surface area contributed by atoms with Gasteiger partial charge in [0.15, 0.2) is 5.75 Å². The Morgan fingerprint density at radius 1 is 1.53 bits per heavy atom. The van der Waals surface area contributed by atoms with Gasteiger partial charge in [-0.1, -0.05) is 11.2 Å². The Kier molecular flexibility index (Phi) is 5.59. The highest BCUT2D eigenvalue weighted by Gasteiger charge is 2.14. The third-order valence-electron chi connectivity index (χ3n) is 2.53. The Hall–Kier alpha value is -2.31. The number of nitrogens with zero attached hydrogens (tertiary/aromatic N) is 2. The molecule has 0 unspecified atom stereocenters. The van der Waals surface area contributed by atoms with E-state index in [-0.39, 0.29) is 17.3 Å². The van der Waals surface area contributed by atoms with E-state index >= 15 is 0 Å². The fourth-order valence-electron chi connectivity index (χ4n) is 1.53. The van der Waals surface area contributed by atoms with E-state index in [4.69, 9.17) is 15.7 Å². The summed E-state index contributed by atoms with van der Waals surface area (Å²) in [6.07, 6.45) is 1.83. The van der Waals surface area contributed by atoms with Crippen LogP contribution in [0.15, 0.2) is 23.4 Å². The summed E-state index contributed by atoms with van der Waals surface area (Å²) in [6.45, 7) is 2.19. The van der Waals surface area contributed by atoms with Crippen molar-refractivity contribution < 1.29 is 14.9 Å². The smallest absolute Gasteiger partial charge is 0.310 e. The van der Waals surface area contributed by atoms with Crippen molar-refractivity contribution in [1.82, 2.24) is 0 Å². The minimum atomic E-state index is -0.467. The number of unbranched alkanes of at least 4 members (excludes halogenated alkanes) is 1. The van der Waals surface area contributed by atoms with E-state index < -0.39 is 4.92 Å². The molecule has 1 aromatic rings. The van der Waals surface area contributed by atoms with Gasteiger partial charge in [-0.2, -0.15) is 0 Å². The zero-order valence-corrected chi connectivity index (χ0v) is 10.7. The summed E-state index contributed by atoms with van der Waals surface area (Å²) >= 11 is 0. The molecule has 7 nitrogen and oxygen atoms in total. The molecule has 0 atom stereocenters. The zero-order chi connectivity index (χ0) is 14.3. The predicted octanol–water partition coefficient (Wildman–Crippen LogP) is 2.20. The first kappa shape index (κ1) is 14.7. The molecular formula is C12H17N3O4. The van der Waals surface area contributed by atoms with E-state index in [1.165, 1.54) is 6.07 Å². The largest absolute Gasteiger partial charge is 0.487 e. The van der Waals surface area contributed by atoms with Gasteiger partial charge in [0.25, 0.3) is 0 Å². The van der Waals surface area contributed by atoms with Crippen LogP contribution in [-0.2, 0) is 0 Å². The fraction of sp³-hybridized carbons (Fsp3) is 0.417. The number of oxime groups is 1. The highest BCUT2D eigenvalue weighted by molar-refractivity contribution is 5.79. The molecule has 0 spiro atoms. The molecule has 104 valence electrons. The normalized spacial score (nSPS) is 11.3. The molecule has 0 aliphatic heterocycles. The van der Waals surface area contributed by atoms with Crippen LogP contribution < -0.4 is 10.5 Å². The Morgan fingerprint density at radius 2 is 2.26 bits per heavy atom. The topological polar surface area (TPSA) is 111 Å². The average molecular weight is 267 g/mol. The van der Waals surface area contributed by atoms with Gasteiger partial charge in [0.2, 0.25) is 0 Å². The maximum absolute atomic E-state index is 10.8. The fourth-order valence-corrected chi connectivity index (χ4v) is 1.53. The van der Waals surface area contributed by atoms with Crippen molar-refractivity contribution in [3.63, 3.8) is 0 Å². The Bertz CT molecular complexity index is 474. The first-order chi connectivity index (χ1) is 9.04. The van der Waals surface area contributed by atoms with Crippen LogP contribution in [0.1, 0.15) is 24.8 Å². The molecule has 0 heterocycles. The van der Waals surface area contributed by atoms with Crippen molar-refractivity contribution in [3.8, 4) is 5.75 Å². The van der Waals surface area contributed by atoms with Crippen LogP contribution in [0.4, 0.5) is 5.69 Å². The molecule has 0 aliphatic carbocycles. The molecule has 0 aliphatic rings. The predicted molar refractivity (Wildman–Crippen MR) is 70.6 cm³/mol. The molecule has 1 aromatic carbocycles. The molecule has 1 rings (SSSR count). The molecule has 0 aromatic heterocycles. The molecule has 0 fully saturated rings. The van der Waals surface area contributed by atoms with Gasteiger partial charge in [-0.05, 0) is 31.4 Å². The van der Waals surface area contributed by atoms with E-state index in [9.17, 15) is 10.1 Å². The Morgan fingerprint density at radius 3 is 2.89 bits per heavy atom. The molecule has 19 heavy (non-hydrogen) atoms. The SMILES string of the molecule is Cc1ccc([N+](=O)[O-])c(OCCCC/C(N)=N/O)c1. The number of benzene rings is 1. The number of aryl methyl sites for hydroxylation is 1. The van der Waals surface area contributed by atoms with Crippen LogP contribution in [0.25, 0.3) is 0 Å². The van der Waals surface area contributed by atoms with Gasteiger partial charge >= 0.3 is 5.69 Å². The summed E-state index contributed by atoms with van der Waals surface area (Å²) < 4.78 is 5.41. The van der Waals surface area contributed by atoms with E-state index in [0.29, 0.717) is 25.9 Å². The van der Waals surface area contributed by atoms with Gasteiger partial charge in [0.05, 0.1) is 11.5 Å². The lowest BCUT2D eigenvalue weighted by Crippen LogP contribution is -2.11. The minimum absolute atomic E-state index is 0.0398. The Balaban J connectivity index is 2.49. The maximum atomic E-state index is 10.8. The number of nitro groups is 1. The summed E-state index contributed by atoms with van der Waals surface area (Å²) in [7, 11) is 0. The van der Waals surface area contributed by atoms with Crippen molar-refractivity contribution in [3.05, 3.63) is 33.9 Å².